The molecule has 2 aromatic carbocycles. The van der Waals surface area contributed by atoms with E-state index in [1.54, 1.807) is 33.5 Å². The van der Waals surface area contributed by atoms with Crippen LogP contribution in [0.3, 0.4) is 0 Å². The van der Waals surface area contributed by atoms with Gasteiger partial charge in [-0.2, -0.15) is 0 Å². The van der Waals surface area contributed by atoms with Crippen molar-refractivity contribution in [2.45, 2.75) is 31.7 Å². The van der Waals surface area contributed by atoms with Crippen molar-refractivity contribution in [3.8, 4) is 17.2 Å². The minimum absolute atomic E-state index is 0.0584. The molecule has 1 fully saturated rings. The summed E-state index contributed by atoms with van der Waals surface area (Å²) in [5, 5.41) is 2.99. The molecule has 1 N–H and O–H groups in total. The topological polar surface area (TPSA) is 60.0 Å². The fraction of sp³-hybridized carbons (Fsp3) is 0.435. The van der Waals surface area contributed by atoms with Crippen molar-refractivity contribution in [2.24, 2.45) is 0 Å². The average molecular weight is 399 g/mol. The van der Waals surface area contributed by atoms with Gasteiger partial charge in [0.05, 0.1) is 33.6 Å². The van der Waals surface area contributed by atoms with Crippen LogP contribution in [-0.4, -0.2) is 45.2 Å². The van der Waals surface area contributed by atoms with Gasteiger partial charge in [0, 0.05) is 12.1 Å². The van der Waals surface area contributed by atoms with E-state index in [-0.39, 0.29) is 11.9 Å². The lowest BCUT2D eigenvalue weighted by atomic mass is 10.0. The number of hydrogen-bond donors (Lipinski definition) is 1. The monoisotopic (exact) mass is 398 g/mol. The fourth-order valence-electron chi connectivity index (χ4n) is 3.85. The molecule has 1 amide bonds. The van der Waals surface area contributed by atoms with Crippen LogP contribution in [0.4, 0.5) is 5.69 Å². The second kappa shape index (κ2) is 10.2. The van der Waals surface area contributed by atoms with Gasteiger partial charge in [-0.25, -0.2) is 0 Å². The maximum Gasteiger partial charge on any atom is 0.238 e. The third-order valence-electron chi connectivity index (χ3n) is 5.39. The second-order valence-electron chi connectivity index (χ2n) is 7.22. The van der Waals surface area contributed by atoms with E-state index < -0.39 is 0 Å². The van der Waals surface area contributed by atoms with Gasteiger partial charge in [-0.3, -0.25) is 9.69 Å². The molecule has 29 heavy (non-hydrogen) atoms. The van der Waals surface area contributed by atoms with Crippen LogP contribution in [0.2, 0.25) is 0 Å². The predicted molar refractivity (Wildman–Crippen MR) is 114 cm³/mol. The Labute approximate surface area is 172 Å². The zero-order chi connectivity index (χ0) is 20.6. The van der Waals surface area contributed by atoms with E-state index in [1.807, 2.05) is 18.2 Å². The molecule has 6 heteroatoms. The Morgan fingerprint density at radius 3 is 2.38 bits per heavy atom. The molecule has 1 saturated heterocycles. The molecule has 0 saturated carbocycles. The molecule has 1 unspecified atom stereocenters. The smallest absolute Gasteiger partial charge is 0.238 e. The quantitative estimate of drug-likeness (QED) is 0.755. The normalized spacial score (nSPS) is 17.3. The summed E-state index contributed by atoms with van der Waals surface area (Å²) in [6.45, 7) is 1.23. The van der Waals surface area contributed by atoms with Gasteiger partial charge in [0.2, 0.25) is 5.91 Å². The van der Waals surface area contributed by atoms with Gasteiger partial charge in [-0.05, 0) is 49.2 Å². The Kier molecular flexibility index (Phi) is 7.36. The van der Waals surface area contributed by atoms with Gasteiger partial charge in [-0.1, -0.05) is 25.0 Å². The molecule has 1 heterocycles. The molecule has 0 bridgehead atoms. The van der Waals surface area contributed by atoms with E-state index in [2.05, 4.69) is 22.3 Å². The van der Waals surface area contributed by atoms with Crippen LogP contribution in [-0.2, 0) is 4.79 Å². The van der Waals surface area contributed by atoms with Crippen molar-refractivity contribution < 1.29 is 19.0 Å². The lowest BCUT2D eigenvalue weighted by molar-refractivity contribution is -0.117. The van der Waals surface area contributed by atoms with E-state index in [9.17, 15) is 4.79 Å². The van der Waals surface area contributed by atoms with Crippen LogP contribution in [0.5, 0.6) is 17.2 Å². The zero-order valence-corrected chi connectivity index (χ0v) is 17.4. The van der Waals surface area contributed by atoms with Gasteiger partial charge < -0.3 is 19.5 Å². The SMILES string of the molecule is COc1ccc(C2CCCCCN2CC(=O)Nc2cc(OC)ccc2OC)cc1. The summed E-state index contributed by atoms with van der Waals surface area (Å²) < 4.78 is 15.9. The predicted octanol–water partition coefficient (Wildman–Crippen LogP) is 4.27. The molecule has 156 valence electrons. The summed E-state index contributed by atoms with van der Waals surface area (Å²) in [5.74, 6) is 2.07. The summed E-state index contributed by atoms with van der Waals surface area (Å²) in [7, 11) is 4.86. The van der Waals surface area contributed by atoms with E-state index in [0.717, 1.165) is 25.1 Å². The first-order valence-corrected chi connectivity index (χ1v) is 10.0. The Bertz CT molecular complexity index is 807. The Hall–Kier alpha value is -2.73. The number of benzene rings is 2. The van der Waals surface area contributed by atoms with Crippen LogP contribution in [0.1, 0.15) is 37.3 Å². The molecule has 1 aliphatic rings. The molecule has 0 radical (unpaired) electrons. The van der Waals surface area contributed by atoms with Crippen LogP contribution in [0.25, 0.3) is 0 Å². The summed E-state index contributed by atoms with van der Waals surface area (Å²) >= 11 is 0. The van der Waals surface area contributed by atoms with Crippen molar-refractivity contribution in [3.05, 3.63) is 48.0 Å². The van der Waals surface area contributed by atoms with Gasteiger partial charge in [0.1, 0.15) is 17.2 Å². The van der Waals surface area contributed by atoms with E-state index in [4.69, 9.17) is 14.2 Å². The molecule has 0 aromatic heterocycles. The molecule has 1 aliphatic heterocycles. The number of carbonyl (C=O) groups is 1. The van der Waals surface area contributed by atoms with Gasteiger partial charge in [0.15, 0.2) is 0 Å². The highest BCUT2D eigenvalue weighted by Gasteiger charge is 2.25. The Morgan fingerprint density at radius 1 is 0.966 bits per heavy atom. The molecule has 6 nitrogen and oxygen atoms in total. The molecular weight excluding hydrogens is 368 g/mol. The highest BCUT2D eigenvalue weighted by molar-refractivity contribution is 5.94. The lowest BCUT2D eigenvalue weighted by Crippen LogP contribution is -2.36. The molecular formula is C23H30N2O4. The average Bonchev–Trinajstić information content (AvgIpc) is 2.99. The lowest BCUT2D eigenvalue weighted by Gasteiger charge is -2.30. The minimum Gasteiger partial charge on any atom is -0.497 e. The number of likely N-dealkylation sites (tertiary alicyclic amines) is 1. The maximum absolute atomic E-state index is 12.9. The number of anilines is 1. The van der Waals surface area contributed by atoms with Crippen molar-refractivity contribution in [1.29, 1.82) is 0 Å². The highest BCUT2D eigenvalue weighted by Crippen LogP contribution is 2.32. The number of hydrogen-bond acceptors (Lipinski definition) is 5. The molecule has 2 aromatic rings. The molecule has 0 spiro atoms. The van der Waals surface area contributed by atoms with E-state index >= 15 is 0 Å². The zero-order valence-electron chi connectivity index (χ0n) is 17.4. The van der Waals surface area contributed by atoms with Crippen LogP contribution < -0.4 is 19.5 Å². The van der Waals surface area contributed by atoms with Gasteiger partial charge in [0.25, 0.3) is 0 Å². The Balaban J connectivity index is 1.74. The third-order valence-corrected chi connectivity index (χ3v) is 5.39. The van der Waals surface area contributed by atoms with Crippen LogP contribution >= 0.6 is 0 Å². The van der Waals surface area contributed by atoms with E-state index in [0.29, 0.717) is 23.7 Å². The minimum atomic E-state index is -0.0584. The van der Waals surface area contributed by atoms with Crippen molar-refractivity contribution in [3.63, 3.8) is 0 Å². The van der Waals surface area contributed by atoms with Crippen molar-refractivity contribution in [2.75, 3.05) is 39.7 Å². The standard InChI is InChI=1S/C23H30N2O4/c1-27-18-10-8-17(9-11-18)21-7-5-4-6-14-25(21)16-23(26)24-20-15-19(28-2)12-13-22(20)29-3/h8-13,15,21H,4-7,14,16H2,1-3H3,(H,24,26). The van der Waals surface area contributed by atoms with Crippen LogP contribution in [0.15, 0.2) is 42.5 Å². The van der Waals surface area contributed by atoms with Crippen molar-refractivity contribution >= 4 is 11.6 Å². The number of rotatable bonds is 7. The second-order valence-corrected chi connectivity index (χ2v) is 7.22. The van der Waals surface area contributed by atoms with Gasteiger partial charge in [-0.15, -0.1) is 0 Å². The number of amides is 1. The number of nitrogens with one attached hydrogen (secondary N) is 1. The summed E-state index contributed by atoms with van der Waals surface area (Å²) in [4.78, 5) is 15.1. The Morgan fingerprint density at radius 2 is 1.69 bits per heavy atom. The van der Waals surface area contributed by atoms with Crippen molar-refractivity contribution in [1.82, 2.24) is 4.90 Å². The molecule has 0 aliphatic carbocycles. The third kappa shape index (κ3) is 5.41. The summed E-state index contributed by atoms with van der Waals surface area (Å²) in [5.41, 5.74) is 1.84. The first-order valence-electron chi connectivity index (χ1n) is 10.0. The summed E-state index contributed by atoms with van der Waals surface area (Å²) in [6.07, 6.45) is 4.50. The molecule has 3 rings (SSSR count). The van der Waals surface area contributed by atoms with Crippen LogP contribution in [0, 0.1) is 0 Å². The first-order chi connectivity index (χ1) is 14.1. The van der Waals surface area contributed by atoms with E-state index in [1.165, 1.54) is 18.4 Å². The van der Waals surface area contributed by atoms with Gasteiger partial charge >= 0.3 is 0 Å². The summed E-state index contributed by atoms with van der Waals surface area (Å²) in [6, 6.07) is 13.8. The fourth-order valence-corrected chi connectivity index (χ4v) is 3.85. The number of methoxy groups -OCH3 is 3. The highest BCUT2D eigenvalue weighted by atomic mass is 16.5. The number of nitrogens with zero attached hydrogens (tertiary/aromatic N) is 1. The largest absolute Gasteiger partial charge is 0.497 e. The first kappa shape index (κ1) is 21.0. The molecule has 1 atom stereocenters. The number of ether oxygens (including phenoxy) is 3. The maximum atomic E-state index is 12.9. The number of carbonyl (C=O) groups excluding carboxylic acids is 1.